The van der Waals surface area contributed by atoms with Gasteiger partial charge in [0.05, 0.1) is 10.6 Å². The molecule has 0 aliphatic rings. The molecule has 0 saturated heterocycles. The van der Waals surface area contributed by atoms with Gasteiger partial charge in [-0.1, -0.05) is 11.6 Å². The van der Waals surface area contributed by atoms with Gasteiger partial charge >= 0.3 is 6.18 Å². The normalized spacial score (nSPS) is 11.6. The first kappa shape index (κ1) is 13.8. The molecule has 2 aromatic rings. The number of rotatable bonds is 2. The van der Waals surface area contributed by atoms with Crippen LogP contribution in [0, 0.1) is 5.82 Å². The first-order valence-electron chi connectivity index (χ1n) is 5.32. The molecule has 2 rings (SSSR count). The number of hydrogen-bond acceptors (Lipinski definition) is 1. The smallest absolute Gasteiger partial charge is 0.259 e. The molecule has 1 heterocycles. The van der Waals surface area contributed by atoms with Crippen LogP contribution in [-0.2, 0) is 12.6 Å². The van der Waals surface area contributed by atoms with Crippen LogP contribution in [0.3, 0.4) is 0 Å². The summed E-state index contributed by atoms with van der Waals surface area (Å²) >= 11 is 5.65. The van der Waals surface area contributed by atoms with Crippen molar-refractivity contribution in [2.75, 3.05) is 0 Å². The van der Waals surface area contributed by atoms with E-state index in [4.69, 9.17) is 11.6 Å². The van der Waals surface area contributed by atoms with Gasteiger partial charge < -0.3 is 0 Å². The predicted octanol–water partition coefficient (Wildman–Crippen LogP) is 4.48. The maximum absolute atomic E-state index is 13.2. The lowest BCUT2D eigenvalue weighted by atomic mass is 10.1. The minimum absolute atomic E-state index is 0.109. The van der Waals surface area contributed by atoms with E-state index in [-0.39, 0.29) is 12.0 Å². The number of pyridine rings is 1. The van der Waals surface area contributed by atoms with Crippen molar-refractivity contribution in [2.24, 2.45) is 0 Å². The molecule has 0 radical (unpaired) electrons. The van der Waals surface area contributed by atoms with Crippen LogP contribution in [0.15, 0.2) is 36.5 Å². The molecule has 0 unspecified atom stereocenters. The zero-order chi connectivity index (χ0) is 14.0. The van der Waals surface area contributed by atoms with Gasteiger partial charge in [-0.3, -0.25) is 4.98 Å². The summed E-state index contributed by atoms with van der Waals surface area (Å²) in [6.45, 7) is 0. The molecule has 0 saturated carbocycles. The Morgan fingerprint density at radius 1 is 1.11 bits per heavy atom. The van der Waals surface area contributed by atoms with Gasteiger partial charge in [-0.05, 0) is 35.9 Å². The van der Waals surface area contributed by atoms with Crippen LogP contribution < -0.4 is 0 Å². The summed E-state index contributed by atoms with van der Waals surface area (Å²) in [5.41, 5.74) is -0.276. The molecule has 0 spiro atoms. The zero-order valence-corrected chi connectivity index (χ0v) is 10.3. The van der Waals surface area contributed by atoms with Gasteiger partial charge in [0, 0.05) is 18.3 Å². The van der Waals surface area contributed by atoms with E-state index in [9.17, 15) is 17.6 Å². The van der Waals surface area contributed by atoms with E-state index in [0.717, 1.165) is 12.1 Å². The van der Waals surface area contributed by atoms with Crippen LogP contribution in [0.25, 0.3) is 0 Å². The molecule has 0 aliphatic carbocycles. The highest BCUT2D eigenvalue weighted by Gasteiger charge is 2.31. The van der Waals surface area contributed by atoms with Gasteiger partial charge in [0.25, 0.3) is 0 Å². The zero-order valence-electron chi connectivity index (χ0n) is 9.51. The quantitative estimate of drug-likeness (QED) is 0.743. The minimum atomic E-state index is -4.57. The van der Waals surface area contributed by atoms with Crippen molar-refractivity contribution in [2.45, 2.75) is 12.6 Å². The summed E-state index contributed by atoms with van der Waals surface area (Å²) in [4.78, 5) is 3.96. The average molecular weight is 290 g/mol. The van der Waals surface area contributed by atoms with Gasteiger partial charge in [0.15, 0.2) is 0 Å². The predicted molar refractivity (Wildman–Crippen MR) is 63.5 cm³/mol. The van der Waals surface area contributed by atoms with Gasteiger partial charge in [-0.2, -0.15) is 13.2 Å². The third kappa shape index (κ3) is 3.67. The maximum atomic E-state index is 13.2. The second kappa shape index (κ2) is 5.17. The van der Waals surface area contributed by atoms with Gasteiger partial charge in [-0.15, -0.1) is 0 Å². The van der Waals surface area contributed by atoms with E-state index in [1.807, 2.05) is 0 Å². The summed E-state index contributed by atoms with van der Waals surface area (Å²) in [7, 11) is 0. The van der Waals surface area contributed by atoms with E-state index in [1.165, 1.54) is 6.20 Å². The number of alkyl halides is 3. The molecule has 1 nitrogen and oxygen atoms in total. The van der Waals surface area contributed by atoms with Crippen molar-refractivity contribution < 1.29 is 17.6 Å². The SMILES string of the molecule is Fc1cc(Cc2ccc(Cl)cn2)cc(C(F)(F)F)c1. The van der Waals surface area contributed by atoms with E-state index in [1.54, 1.807) is 12.1 Å². The van der Waals surface area contributed by atoms with Crippen LogP contribution in [0.4, 0.5) is 17.6 Å². The summed E-state index contributed by atoms with van der Waals surface area (Å²) in [6, 6.07) is 5.61. The highest BCUT2D eigenvalue weighted by atomic mass is 35.5. The first-order chi connectivity index (χ1) is 8.84. The van der Waals surface area contributed by atoms with Crippen LogP contribution in [0.1, 0.15) is 16.8 Å². The molecular weight excluding hydrogens is 282 g/mol. The Bertz CT molecular complexity index is 578. The standard InChI is InChI=1S/C13H8ClF4N/c14-10-1-2-12(19-7-10)5-8-3-9(13(16,17)18)6-11(15)4-8/h1-4,6-7H,5H2. The molecule has 0 N–H and O–H groups in total. The van der Waals surface area contributed by atoms with Crippen molar-refractivity contribution >= 4 is 11.6 Å². The van der Waals surface area contributed by atoms with Crippen LogP contribution in [0.5, 0.6) is 0 Å². The van der Waals surface area contributed by atoms with Crippen LogP contribution in [0.2, 0.25) is 5.02 Å². The summed E-state index contributed by atoms with van der Waals surface area (Å²) in [6.07, 6.45) is -3.07. The van der Waals surface area contributed by atoms with Crippen molar-refractivity contribution in [3.05, 3.63) is 64.2 Å². The Kier molecular flexibility index (Phi) is 3.75. The Labute approximate surface area is 111 Å². The minimum Gasteiger partial charge on any atom is -0.259 e. The number of hydrogen-bond donors (Lipinski definition) is 0. The third-order valence-electron chi connectivity index (χ3n) is 2.46. The third-order valence-corrected chi connectivity index (χ3v) is 2.68. The largest absolute Gasteiger partial charge is 0.416 e. The van der Waals surface area contributed by atoms with Crippen molar-refractivity contribution in [3.8, 4) is 0 Å². The van der Waals surface area contributed by atoms with Gasteiger partial charge in [-0.25, -0.2) is 4.39 Å². The van der Waals surface area contributed by atoms with Crippen molar-refractivity contribution in [1.82, 2.24) is 4.98 Å². The fraction of sp³-hybridized carbons (Fsp3) is 0.154. The molecule has 0 atom stereocenters. The Balaban J connectivity index is 2.30. The molecule has 0 fully saturated rings. The van der Waals surface area contributed by atoms with Crippen molar-refractivity contribution in [3.63, 3.8) is 0 Å². The molecule has 0 bridgehead atoms. The monoisotopic (exact) mass is 289 g/mol. The molecule has 1 aromatic carbocycles. The van der Waals surface area contributed by atoms with Gasteiger partial charge in [0.2, 0.25) is 0 Å². The summed E-state index contributed by atoms with van der Waals surface area (Å²) in [5, 5.41) is 0.430. The van der Waals surface area contributed by atoms with E-state index in [2.05, 4.69) is 4.98 Å². The highest BCUT2D eigenvalue weighted by Crippen LogP contribution is 2.30. The van der Waals surface area contributed by atoms with Crippen molar-refractivity contribution in [1.29, 1.82) is 0 Å². The highest BCUT2D eigenvalue weighted by molar-refractivity contribution is 6.30. The molecular formula is C13H8ClF4N. The number of aromatic nitrogens is 1. The molecule has 1 aromatic heterocycles. The Morgan fingerprint density at radius 2 is 1.84 bits per heavy atom. The maximum Gasteiger partial charge on any atom is 0.416 e. The molecule has 100 valence electrons. The van der Waals surface area contributed by atoms with Crippen LogP contribution in [-0.4, -0.2) is 4.98 Å². The Hall–Kier alpha value is -1.62. The lowest BCUT2D eigenvalue weighted by molar-refractivity contribution is -0.137. The molecule has 6 heteroatoms. The summed E-state index contributed by atoms with van der Waals surface area (Å²) in [5.74, 6) is -0.918. The lowest BCUT2D eigenvalue weighted by Crippen LogP contribution is -2.06. The van der Waals surface area contributed by atoms with E-state index >= 15 is 0 Å². The number of halogens is 5. The Morgan fingerprint density at radius 3 is 2.42 bits per heavy atom. The van der Waals surface area contributed by atoms with Gasteiger partial charge in [0.1, 0.15) is 5.82 Å². The second-order valence-corrected chi connectivity index (χ2v) is 4.43. The second-order valence-electron chi connectivity index (χ2n) is 3.99. The number of nitrogens with zero attached hydrogens (tertiary/aromatic N) is 1. The van der Waals surface area contributed by atoms with E-state index < -0.39 is 17.6 Å². The molecule has 0 amide bonds. The van der Waals surface area contributed by atoms with Crippen LogP contribution >= 0.6 is 11.6 Å². The average Bonchev–Trinajstić information content (AvgIpc) is 2.30. The lowest BCUT2D eigenvalue weighted by Gasteiger charge is -2.09. The van der Waals surface area contributed by atoms with E-state index in [0.29, 0.717) is 16.8 Å². The summed E-state index contributed by atoms with van der Waals surface area (Å²) < 4.78 is 50.8. The molecule has 19 heavy (non-hydrogen) atoms. The fourth-order valence-electron chi connectivity index (χ4n) is 1.64. The number of benzene rings is 1. The topological polar surface area (TPSA) is 12.9 Å². The molecule has 0 aliphatic heterocycles. The first-order valence-corrected chi connectivity index (χ1v) is 5.69. The fourth-order valence-corrected chi connectivity index (χ4v) is 1.75.